The SMILES string of the molecule is CC[C@H](Oc1ccc(N(C)S(C)(=O)=O)cc1)C(=O)Nc1ccc2ccccc2c1. The number of fused-ring (bicyclic) bond motifs is 1. The minimum Gasteiger partial charge on any atom is -0.481 e. The summed E-state index contributed by atoms with van der Waals surface area (Å²) in [4.78, 5) is 12.7. The van der Waals surface area contributed by atoms with Crippen molar-refractivity contribution in [2.45, 2.75) is 19.4 Å². The molecule has 0 heterocycles. The molecule has 0 unspecified atom stereocenters. The summed E-state index contributed by atoms with van der Waals surface area (Å²) in [5.74, 6) is 0.260. The summed E-state index contributed by atoms with van der Waals surface area (Å²) >= 11 is 0. The molecule has 0 saturated carbocycles. The summed E-state index contributed by atoms with van der Waals surface area (Å²) in [7, 11) is -1.85. The second-order valence-electron chi connectivity index (χ2n) is 6.79. The molecular weight excluding hydrogens is 388 g/mol. The van der Waals surface area contributed by atoms with E-state index in [1.54, 1.807) is 24.3 Å². The van der Waals surface area contributed by atoms with Gasteiger partial charge in [0, 0.05) is 12.7 Å². The maximum atomic E-state index is 12.7. The number of nitrogens with zero attached hydrogens (tertiary/aromatic N) is 1. The van der Waals surface area contributed by atoms with Crippen molar-refractivity contribution in [3.63, 3.8) is 0 Å². The van der Waals surface area contributed by atoms with Crippen LogP contribution in [0.5, 0.6) is 5.75 Å². The zero-order chi connectivity index (χ0) is 21.0. The maximum Gasteiger partial charge on any atom is 0.265 e. The maximum absolute atomic E-state index is 12.7. The van der Waals surface area contributed by atoms with E-state index in [-0.39, 0.29) is 5.91 Å². The summed E-state index contributed by atoms with van der Waals surface area (Å²) in [6.45, 7) is 1.87. The number of sulfonamides is 1. The van der Waals surface area contributed by atoms with Gasteiger partial charge < -0.3 is 10.1 Å². The van der Waals surface area contributed by atoms with Crippen LogP contribution in [0, 0.1) is 0 Å². The quantitative estimate of drug-likeness (QED) is 0.636. The van der Waals surface area contributed by atoms with Crippen LogP contribution in [0.15, 0.2) is 66.7 Å². The molecule has 0 aliphatic rings. The van der Waals surface area contributed by atoms with Crippen molar-refractivity contribution in [3.8, 4) is 5.75 Å². The van der Waals surface area contributed by atoms with E-state index in [4.69, 9.17) is 4.74 Å². The number of hydrogen-bond acceptors (Lipinski definition) is 4. The Kier molecular flexibility index (Phi) is 6.08. The molecule has 3 aromatic rings. The van der Waals surface area contributed by atoms with Gasteiger partial charge in [0.05, 0.1) is 11.9 Å². The number of ether oxygens (including phenoxy) is 1. The number of carbonyl (C=O) groups is 1. The lowest BCUT2D eigenvalue weighted by Gasteiger charge is -2.19. The van der Waals surface area contributed by atoms with Gasteiger partial charge >= 0.3 is 0 Å². The lowest BCUT2D eigenvalue weighted by atomic mass is 10.1. The van der Waals surface area contributed by atoms with Crippen molar-refractivity contribution in [2.24, 2.45) is 0 Å². The molecule has 7 heteroatoms. The predicted octanol–water partition coefficient (Wildman–Crippen LogP) is 4.03. The first-order valence-electron chi connectivity index (χ1n) is 9.28. The first kappa shape index (κ1) is 20.7. The fraction of sp³-hybridized carbons (Fsp3) is 0.227. The summed E-state index contributed by atoms with van der Waals surface area (Å²) < 4.78 is 30.3. The summed E-state index contributed by atoms with van der Waals surface area (Å²) in [6.07, 6.45) is 0.964. The van der Waals surface area contributed by atoms with Crippen LogP contribution in [0.4, 0.5) is 11.4 Å². The first-order valence-corrected chi connectivity index (χ1v) is 11.1. The van der Waals surface area contributed by atoms with Crippen molar-refractivity contribution in [2.75, 3.05) is 22.9 Å². The Balaban J connectivity index is 1.69. The number of benzene rings is 3. The molecule has 0 saturated heterocycles. The lowest BCUT2D eigenvalue weighted by molar-refractivity contribution is -0.122. The van der Waals surface area contributed by atoms with Crippen molar-refractivity contribution in [1.29, 1.82) is 0 Å². The van der Waals surface area contributed by atoms with Gasteiger partial charge in [0.15, 0.2) is 6.10 Å². The van der Waals surface area contributed by atoms with Crippen molar-refractivity contribution in [3.05, 3.63) is 66.7 Å². The van der Waals surface area contributed by atoms with E-state index in [1.807, 2.05) is 49.4 Å². The minimum atomic E-state index is -3.33. The number of carbonyl (C=O) groups excluding carboxylic acids is 1. The third kappa shape index (κ3) is 5.06. The number of hydrogen-bond donors (Lipinski definition) is 1. The van der Waals surface area contributed by atoms with Crippen LogP contribution in [0.25, 0.3) is 10.8 Å². The fourth-order valence-electron chi connectivity index (χ4n) is 2.90. The average molecular weight is 413 g/mol. The smallest absolute Gasteiger partial charge is 0.265 e. The van der Waals surface area contributed by atoms with Crippen LogP contribution in [-0.2, 0) is 14.8 Å². The van der Waals surface area contributed by atoms with Gasteiger partial charge in [0.1, 0.15) is 5.75 Å². The monoisotopic (exact) mass is 412 g/mol. The fourth-order valence-corrected chi connectivity index (χ4v) is 3.41. The molecule has 0 radical (unpaired) electrons. The topological polar surface area (TPSA) is 75.7 Å². The first-order chi connectivity index (χ1) is 13.8. The molecule has 0 fully saturated rings. The van der Waals surface area contributed by atoms with E-state index < -0.39 is 16.1 Å². The van der Waals surface area contributed by atoms with Crippen molar-refractivity contribution >= 4 is 38.1 Å². The van der Waals surface area contributed by atoms with E-state index in [0.29, 0.717) is 23.5 Å². The van der Waals surface area contributed by atoms with Gasteiger partial charge in [-0.1, -0.05) is 37.3 Å². The summed E-state index contributed by atoms with van der Waals surface area (Å²) in [6, 6.07) is 20.3. The van der Waals surface area contributed by atoms with E-state index in [9.17, 15) is 13.2 Å². The molecule has 6 nitrogen and oxygen atoms in total. The summed E-state index contributed by atoms with van der Waals surface area (Å²) in [5, 5.41) is 5.05. The third-order valence-electron chi connectivity index (χ3n) is 4.66. The normalized spacial score (nSPS) is 12.4. The van der Waals surface area contributed by atoms with Gasteiger partial charge in [-0.2, -0.15) is 0 Å². The number of amides is 1. The van der Waals surface area contributed by atoms with E-state index in [0.717, 1.165) is 17.0 Å². The van der Waals surface area contributed by atoms with Crippen molar-refractivity contribution in [1.82, 2.24) is 0 Å². The van der Waals surface area contributed by atoms with Crippen LogP contribution in [0.1, 0.15) is 13.3 Å². The molecule has 1 N–H and O–H groups in total. The van der Waals surface area contributed by atoms with E-state index in [2.05, 4.69) is 5.32 Å². The Labute approximate surface area is 171 Å². The molecule has 0 aliphatic carbocycles. The van der Waals surface area contributed by atoms with Gasteiger partial charge in [-0.3, -0.25) is 9.10 Å². The van der Waals surface area contributed by atoms with Crippen LogP contribution in [-0.4, -0.2) is 33.7 Å². The molecular formula is C22H24N2O4S. The second kappa shape index (κ2) is 8.53. The molecule has 0 bridgehead atoms. The van der Waals surface area contributed by atoms with Crippen LogP contribution in [0.2, 0.25) is 0 Å². The molecule has 1 amide bonds. The van der Waals surface area contributed by atoms with Gasteiger partial charge in [0.25, 0.3) is 5.91 Å². The Hall–Kier alpha value is -3.06. The highest BCUT2D eigenvalue weighted by Gasteiger charge is 2.19. The average Bonchev–Trinajstić information content (AvgIpc) is 2.71. The van der Waals surface area contributed by atoms with Crippen molar-refractivity contribution < 1.29 is 17.9 Å². The Morgan fingerprint density at radius 2 is 1.69 bits per heavy atom. The standard InChI is InChI=1S/C22H24N2O4S/c1-4-21(28-20-13-11-19(12-14-20)24(2)29(3,26)27)22(25)23-18-10-9-16-7-5-6-8-17(16)15-18/h5-15,21H,4H2,1-3H3,(H,23,25)/t21-/m0/s1. The molecule has 3 aromatic carbocycles. The van der Waals surface area contributed by atoms with Crippen LogP contribution < -0.4 is 14.4 Å². The molecule has 0 aliphatic heterocycles. The lowest BCUT2D eigenvalue weighted by Crippen LogP contribution is -2.32. The van der Waals surface area contributed by atoms with Crippen LogP contribution in [0.3, 0.4) is 0 Å². The summed E-state index contributed by atoms with van der Waals surface area (Å²) in [5.41, 5.74) is 1.23. The number of rotatable bonds is 7. The number of nitrogens with one attached hydrogen (secondary N) is 1. The van der Waals surface area contributed by atoms with Gasteiger partial charge in [0.2, 0.25) is 10.0 Å². The van der Waals surface area contributed by atoms with Gasteiger partial charge in [-0.05, 0) is 53.6 Å². The van der Waals surface area contributed by atoms with E-state index >= 15 is 0 Å². The molecule has 3 rings (SSSR count). The molecule has 0 spiro atoms. The molecule has 1 atom stereocenters. The minimum absolute atomic E-state index is 0.236. The molecule has 152 valence electrons. The Bertz CT molecular complexity index is 1110. The Morgan fingerprint density at radius 1 is 1.03 bits per heavy atom. The Morgan fingerprint density at radius 3 is 2.31 bits per heavy atom. The highest BCUT2D eigenvalue weighted by molar-refractivity contribution is 7.92. The van der Waals surface area contributed by atoms with Gasteiger partial charge in [-0.15, -0.1) is 0 Å². The molecule has 0 aromatic heterocycles. The second-order valence-corrected chi connectivity index (χ2v) is 8.80. The molecule has 29 heavy (non-hydrogen) atoms. The predicted molar refractivity (Wildman–Crippen MR) is 117 cm³/mol. The van der Waals surface area contributed by atoms with E-state index in [1.165, 1.54) is 11.4 Å². The zero-order valence-corrected chi connectivity index (χ0v) is 17.4. The third-order valence-corrected chi connectivity index (χ3v) is 5.86. The van der Waals surface area contributed by atoms with Gasteiger partial charge in [-0.25, -0.2) is 8.42 Å². The largest absolute Gasteiger partial charge is 0.481 e. The highest BCUT2D eigenvalue weighted by Crippen LogP contribution is 2.23. The zero-order valence-electron chi connectivity index (χ0n) is 16.6. The highest BCUT2D eigenvalue weighted by atomic mass is 32.2. The number of anilines is 2. The van der Waals surface area contributed by atoms with Crippen LogP contribution >= 0.6 is 0 Å².